The van der Waals surface area contributed by atoms with Crippen molar-refractivity contribution in [3.05, 3.63) is 29.3 Å². The van der Waals surface area contributed by atoms with Crippen molar-refractivity contribution in [2.24, 2.45) is 5.92 Å². The summed E-state index contributed by atoms with van der Waals surface area (Å²) in [4.78, 5) is 43.1. The van der Waals surface area contributed by atoms with Gasteiger partial charge in [-0.05, 0) is 43.9 Å². The first-order chi connectivity index (χ1) is 13.5. The highest BCUT2D eigenvalue weighted by Crippen LogP contribution is 2.29. The van der Waals surface area contributed by atoms with Crippen molar-refractivity contribution in [3.8, 4) is 0 Å². The minimum atomic E-state index is -0.306. The van der Waals surface area contributed by atoms with Crippen LogP contribution in [0.3, 0.4) is 0 Å². The summed E-state index contributed by atoms with van der Waals surface area (Å²) in [7, 11) is 0. The molecule has 3 fully saturated rings. The van der Waals surface area contributed by atoms with E-state index in [1.165, 1.54) is 0 Å². The van der Waals surface area contributed by atoms with E-state index in [1.807, 2.05) is 21.9 Å². The molecule has 0 N–H and O–H groups in total. The molecule has 4 rings (SSSR count). The normalized spacial score (nSPS) is 24.2. The quantitative estimate of drug-likeness (QED) is 0.779. The Kier molecular flexibility index (Phi) is 5.58. The van der Waals surface area contributed by atoms with Gasteiger partial charge in [-0.2, -0.15) is 0 Å². The molecular weight excluding hydrogens is 378 g/mol. The maximum absolute atomic E-state index is 13.0. The van der Waals surface area contributed by atoms with E-state index in [2.05, 4.69) is 0 Å². The topological polar surface area (TPSA) is 60.9 Å². The van der Waals surface area contributed by atoms with Crippen molar-refractivity contribution < 1.29 is 14.4 Å². The molecule has 0 spiro atoms. The molecule has 3 amide bonds. The molecule has 1 atom stereocenters. The van der Waals surface area contributed by atoms with Gasteiger partial charge in [0.1, 0.15) is 0 Å². The maximum atomic E-state index is 13.0. The van der Waals surface area contributed by atoms with E-state index in [-0.39, 0.29) is 36.1 Å². The van der Waals surface area contributed by atoms with Crippen molar-refractivity contribution in [2.75, 3.05) is 31.1 Å². The molecule has 0 radical (unpaired) electrons. The number of benzene rings is 1. The van der Waals surface area contributed by atoms with Crippen LogP contribution in [0.5, 0.6) is 0 Å². The van der Waals surface area contributed by atoms with E-state index in [0.29, 0.717) is 31.1 Å². The Bertz CT molecular complexity index is 776. The van der Waals surface area contributed by atoms with Gasteiger partial charge in [-0.15, -0.1) is 0 Å². The van der Waals surface area contributed by atoms with Crippen LogP contribution >= 0.6 is 11.6 Å². The van der Waals surface area contributed by atoms with Crippen LogP contribution in [0.25, 0.3) is 0 Å². The third kappa shape index (κ3) is 3.88. The minimum Gasteiger partial charge on any atom is -0.342 e. The van der Waals surface area contributed by atoms with Gasteiger partial charge in [0, 0.05) is 55.8 Å². The number of rotatable bonds is 3. The highest BCUT2D eigenvalue weighted by atomic mass is 35.5. The smallest absolute Gasteiger partial charge is 0.228 e. The summed E-state index contributed by atoms with van der Waals surface area (Å²) in [6.45, 7) is 2.58. The van der Waals surface area contributed by atoms with Gasteiger partial charge in [0.25, 0.3) is 0 Å². The van der Waals surface area contributed by atoms with Crippen molar-refractivity contribution in [1.82, 2.24) is 9.80 Å². The predicted molar refractivity (Wildman–Crippen MR) is 107 cm³/mol. The fourth-order valence-corrected chi connectivity index (χ4v) is 4.82. The summed E-state index contributed by atoms with van der Waals surface area (Å²) in [5, 5.41) is 0.578. The molecule has 3 heterocycles. The summed E-state index contributed by atoms with van der Waals surface area (Å²) in [6.07, 6.45) is 4.63. The van der Waals surface area contributed by atoms with E-state index in [0.717, 1.165) is 37.9 Å². The molecule has 3 saturated heterocycles. The van der Waals surface area contributed by atoms with Gasteiger partial charge in [-0.1, -0.05) is 17.7 Å². The van der Waals surface area contributed by atoms with Crippen LogP contribution in [0, 0.1) is 5.92 Å². The summed E-state index contributed by atoms with van der Waals surface area (Å²) in [6, 6.07) is 7.44. The summed E-state index contributed by atoms with van der Waals surface area (Å²) >= 11 is 6.04. The summed E-state index contributed by atoms with van der Waals surface area (Å²) in [5.74, 6) is -0.0232. The van der Waals surface area contributed by atoms with Crippen LogP contribution < -0.4 is 4.90 Å². The summed E-state index contributed by atoms with van der Waals surface area (Å²) in [5.41, 5.74) is 0.745. The molecule has 0 aromatic heterocycles. The lowest BCUT2D eigenvalue weighted by Crippen LogP contribution is -2.51. The Labute approximate surface area is 170 Å². The lowest BCUT2D eigenvalue weighted by Gasteiger charge is -2.40. The molecule has 0 saturated carbocycles. The van der Waals surface area contributed by atoms with Crippen LogP contribution in [0.1, 0.15) is 38.5 Å². The monoisotopic (exact) mass is 403 g/mol. The fourth-order valence-electron chi connectivity index (χ4n) is 4.64. The van der Waals surface area contributed by atoms with Crippen LogP contribution in [0.15, 0.2) is 24.3 Å². The number of carbonyl (C=O) groups excluding carboxylic acids is 3. The Morgan fingerprint density at radius 3 is 2.54 bits per heavy atom. The molecule has 6 nitrogen and oxygen atoms in total. The lowest BCUT2D eigenvalue weighted by molar-refractivity contribution is -0.140. The second-order valence-corrected chi connectivity index (χ2v) is 8.42. The Balaban J connectivity index is 1.34. The Hall–Kier alpha value is -2.08. The van der Waals surface area contributed by atoms with E-state index in [1.54, 1.807) is 17.0 Å². The molecule has 1 aromatic carbocycles. The predicted octanol–water partition coefficient (Wildman–Crippen LogP) is 2.70. The van der Waals surface area contributed by atoms with Crippen molar-refractivity contribution >= 4 is 35.0 Å². The average molecular weight is 404 g/mol. The number of nitrogens with zero attached hydrogens (tertiary/aromatic N) is 3. The van der Waals surface area contributed by atoms with Crippen LogP contribution in [-0.4, -0.2) is 59.7 Å². The van der Waals surface area contributed by atoms with Crippen LogP contribution in [-0.2, 0) is 14.4 Å². The van der Waals surface area contributed by atoms with Crippen molar-refractivity contribution in [2.45, 2.75) is 44.6 Å². The number of carbonyl (C=O) groups is 3. The largest absolute Gasteiger partial charge is 0.342 e. The fraction of sp³-hybridized carbons (Fsp3) is 0.571. The molecule has 7 heteroatoms. The first kappa shape index (κ1) is 19.2. The van der Waals surface area contributed by atoms with E-state index < -0.39 is 0 Å². The number of piperidine rings is 2. The van der Waals surface area contributed by atoms with Gasteiger partial charge in [0.05, 0.1) is 5.92 Å². The van der Waals surface area contributed by atoms with E-state index >= 15 is 0 Å². The average Bonchev–Trinajstić information content (AvgIpc) is 3.10. The van der Waals surface area contributed by atoms with Crippen molar-refractivity contribution in [1.29, 1.82) is 0 Å². The molecule has 28 heavy (non-hydrogen) atoms. The number of anilines is 1. The van der Waals surface area contributed by atoms with Crippen LogP contribution in [0.4, 0.5) is 5.69 Å². The third-order valence-electron chi connectivity index (χ3n) is 6.17. The Morgan fingerprint density at radius 1 is 1.04 bits per heavy atom. The molecule has 1 unspecified atom stereocenters. The highest BCUT2D eigenvalue weighted by molar-refractivity contribution is 6.31. The van der Waals surface area contributed by atoms with Crippen molar-refractivity contribution in [3.63, 3.8) is 0 Å². The zero-order valence-corrected chi connectivity index (χ0v) is 16.7. The lowest BCUT2D eigenvalue weighted by atomic mass is 9.98. The maximum Gasteiger partial charge on any atom is 0.228 e. The Morgan fingerprint density at radius 2 is 1.82 bits per heavy atom. The number of likely N-dealkylation sites (tertiary alicyclic amines) is 2. The first-order valence-electron chi connectivity index (χ1n) is 10.2. The molecule has 3 aliphatic rings. The minimum absolute atomic E-state index is 0.0329. The van der Waals surface area contributed by atoms with Crippen LogP contribution in [0.2, 0.25) is 5.02 Å². The SMILES string of the molecule is O=C(C1CC(=O)N(c2cccc(Cl)c2)C1)N1CCC(N2CCCCC2=O)CC1. The van der Waals surface area contributed by atoms with Gasteiger partial charge in [-0.3, -0.25) is 14.4 Å². The van der Waals surface area contributed by atoms with E-state index in [9.17, 15) is 14.4 Å². The molecular formula is C21H26ClN3O3. The molecule has 1 aromatic rings. The molecule has 0 bridgehead atoms. The second kappa shape index (κ2) is 8.11. The van der Waals surface area contributed by atoms with E-state index in [4.69, 9.17) is 11.6 Å². The summed E-state index contributed by atoms with van der Waals surface area (Å²) < 4.78 is 0. The standard InChI is InChI=1S/C21H26ClN3O3/c22-16-4-3-5-18(13-16)25-14-15(12-20(25)27)21(28)23-10-7-17(8-11-23)24-9-2-1-6-19(24)26/h3-5,13,15,17H,1-2,6-12,14H2. The zero-order chi connectivity index (χ0) is 19.7. The van der Waals surface area contributed by atoms with Gasteiger partial charge >= 0.3 is 0 Å². The number of hydrogen-bond acceptors (Lipinski definition) is 3. The van der Waals surface area contributed by atoms with Gasteiger partial charge in [0.15, 0.2) is 0 Å². The highest BCUT2D eigenvalue weighted by Gasteiger charge is 2.39. The number of amides is 3. The van der Waals surface area contributed by atoms with Gasteiger partial charge in [0.2, 0.25) is 17.7 Å². The number of hydrogen-bond donors (Lipinski definition) is 0. The van der Waals surface area contributed by atoms with Gasteiger partial charge in [-0.25, -0.2) is 0 Å². The third-order valence-corrected chi connectivity index (χ3v) is 6.41. The molecule has 3 aliphatic heterocycles. The van der Waals surface area contributed by atoms with Gasteiger partial charge < -0.3 is 14.7 Å². The zero-order valence-electron chi connectivity index (χ0n) is 16.0. The second-order valence-electron chi connectivity index (χ2n) is 7.99. The number of halogens is 1. The molecule has 150 valence electrons. The molecule has 0 aliphatic carbocycles. The first-order valence-corrected chi connectivity index (χ1v) is 10.5.